The molecule has 0 aliphatic carbocycles. The quantitative estimate of drug-likeness (QED) is 0.0393. The first-order chi connectivity index (χ1) is 57.4. The monoisotopic (exact) mass is 1720 g/mol. The lowest BCUT2D eigenvalue weighted by Crippen LogP contribution is -2.47. The Morgan fingerprint density at radius 2 is 0.858 bits per heavy atom. The minimum Gasteiger partial charge on any atom is -0.503 e. The Morgan fingerprint density at radius 3 is 1.32 bits per heavy atom. The molecule has 12 aromatic rings. The van der Waals surface area contributed by atoms with Crippen molar-refractivity contribution in [1.29, 1.82) is 0 Å². The van der Waals surface area contributed by atoms with Crippen LogP contribution in [0.25, 0.3) is 89.7 Å². The van der Waals surface area contributed by atoms with E-state index in [0.717, 1.165) is 79.3 Å². The largest absolute Gasteiger partial charge is 0.503 e. The van der Waals surface area contributed by atoms with Crippen molar-refractivity contribution >= 4 is 132 Å². The molecule has 4 atom stereocenters. The molecule has 0 bridgehead atoms. The van der Waals surface area contributed by atoms with E-state index in [1.165, 1.54) is 18.6 Å². The van der Waals surface area contributed by atoms with Gasteiger partial charge in [-0.2, -0.15) is 26.3 Å². The molecule has 12 aromatic heterocycles. The van der Waals surface area contributed by atoms with Gasteiger partial charge in [0, 0.05) is 176 Å². The second kappa shape index (κ2) is 36.6. The van der Waals surface area contributed by atoms with Crippen LogP contribution in [0.5, 0.6) is 5.75 Å². The van der Waals surface area contributed by atoms with Crippen molar-refractivity contribution in [2.24, 2.45) is 0 Å². The van der Waals surface area contributed by atoms with Gasteiger partial charge in [-0.15, -0.1) is 0 Å². The van der Waals surface area contributed by atoms with E-state index in [2.05, 4.69) is 79.7 Å². The molecule has 31 nitrogen and oxygen atoms in total. The molecule has 0 unspecified atom stereocenters. The van der Waals surface area contributed by atoms with E-state index in [1.807, 2.05) is 45.3 Å². The molecule has 4 aliphatic rings. The van der Waals surface area contributed by atoms with Gasteiger partial charge in [-0.05, 0) is 109 Å². The number of pyridine rings is 4. The number of hydrogen-bond donors (Lipinski definition) is 5. The molecule has 4 saturated heterocycles. The average molecular weight is 1720 g/mol. The molecule has 4 fully saturated rings. The molecule has 16 heterocycles. The number of aromatic nitrogens is 16. The molecule has 0 saturated carbocycles. The maximum absolute atomic E-state index is 14.6. The van der Waals surface area contributed by atoms with Crippen LogP contribution < -0.4 is 19.6 Å². The van der Waals surface area contributed by atoms with E-state index < -0.39 is 67.2 Å². The van der Waals surface area contributed by atoms with E-state index in [4.69, 9.17) is 44.5 Å². The number of ether oxygens (including phenoxy) is 1. The molecule has 0 spiro atoms. The first-order valence-corrected chi connectivity index (χ1v) is 39.5. The summed E-state index contributed by atoms with van der Waals surface area (Å²) in [5.41, 5.74) is 5.34. The second-order valence-corrected chi connectivity index (χ2v) is 30.1. The van der Waals surface area contributed by atoms with E-state index in [0.29, 0.717) is 146 Å². The number of rotatable bonds is 18. The van der Waals surface area contributed by atoms with Crippen molar-refractivity contribution in [3.8, 4) is 51.3 Å². The summed E-state index contributed by atoms with van der Waals surface area (Å²) in [6.45, 7) is 6.31. The number of halogens is 10. The first kappa shape index (κ1) is 85.7. The Kier molecular flexibility index (Phi) is 26.1. The maximum Gasteiger partial charge on any atom is 0.406 e. The molecule has 0 radical (unpaired) electrons. The predicted octanol–water partition coefficient (Wildman–Crippen LogP) is 13.4. The third-order valence-electron chi connectivity index (χ3n) is 20.8. The molecule has 41 heteroatoms. The highest BCUT2D eigenvalue weighted by atomic mass is 35.5. The van der Waals surface area contributed by atoms with Gasteiger partial charge in [-0.1, -0.05) is 34.8 Å². The number of nitrogens with one attached hydrogen (secondary N) is 4. The Labute approximate surface area is 699 Å². The van der Waals surface area contributed by atoms with Gasteiger partial charge in [0.05, 0.1) is 34.1 Å². The number of hydrogen-bond acceptors (Lipinski definition) is 23. The summed E-state index contributed by atoms with van der Waals surface area (Å²) >= 11 is 18.3. The number of H-pyrrole nitrogens is 4. The number of carbonyl (C=O) groups excluding carboxylic acids is 5. The minimum atomic E-state index is -4.53. The highest BCUT2D eigenvalue weighted by Crippen LogP contribution is 2.39. The van der Waals surface area contributed by atoms with Gasteiger partial charge in [-0.3, -0.25) is 19.2 Å². The summed E-state index contributed by atoms with van der Waals surface area (Å²) < 4.78 is 96.5. The van der Waals surface area contributed by atoms with Crippen molar-refractivity contribution in [3.05, 3.63) is 137 Å². The van der Waals surface area contributed by atoms with Gasteiger partial charge >= 0.3 is 18.3 Å². The smallest absolute Gasteiger partial charge is 0.406 e. The van der Waals surface area contributed by atoms with Crippen LogP contribution in [0, 0.1) is 5.82 Å². The average Bonchev–Trinajstić information content (AvgIpc) is 1.63. The lowest BCUT2D eigenvalue weighted by molar-refractivity contribution is -0.159. The van der Waals surface area contributed by atoms with Crippen LogP contribution in [0.1, 0.15) is 85.3 Å². The van der Waals surface area contributed by atoms with E-state index in [1.54, 1.807) is 100 Å². The summed E-state index contributed by atoms with van der Waals surface area (Å²) in [4.78, 5) is 140. The van der Waals surface area contributed by atoms with Crippen LogP contribution in [0.2, 0.25) is 15.1 Å². The van der Waals surface area contributed by atoms with Gasteiger partial charge in [0.25, 0.3) is 0 Å². The molecule has 120 heavy (non-hydrogen) atoms. The Hall–Kier alpha value is -12.2. The SMILES string of the molecule is CCN(C)C(=O)[C@H]1CCCN1c1ccnc(-c2c[nH]c3ncc(Cl)cc23)n1.CCN(C)C(=O)[C@H]1CCCN1c1nc(-c2c[nH]c3ncc(Cl)cc23)ncc1F.CCOC(=O)c1cnc(-c2c[nH]c3ncc(Cl)cc23)nc1N1CCC[C@@H]1C(=O)N(C)CC(F)(F)F.CN(CC(F)(F)F)C(=O)[C@H]1CCCN1c1nc(-c2c[nH]c3ncccc23)ncc1O.[HH].[HH]. The van der Waals surface area contributed by atoms with Gasteiger partial charge < -0.3 is 69.0 Å². The standard InChI is InChI=1S/C22H22ClF3N6O3.C19H20ClFN6O.C19H21ClN6O.C19H19F3N6O2.2H2/c1-3-35-21(34)15-10-29-18(14-9-28-17-13(14)7-12(23)8-27-17)30-19(15)32-6-4-5-16(32)20(33)31(2)11-22(24,25)26;1-3-26(2)19(28)15-5-4-6-27(15)18-14(21)10-24-17(25-18)13-9-23-16-12(13)7-11(20)8-22-16;1-3-25(2)19(27)15-5-4-8-26(15)16-6-7-21-18(24-16)14-11-23-17-13(14)9-12(20)10-22-17;1-27(10-19(20,21)22)18(30)13-5-3-7-28(13)17-14(29)9-25-16(26-17)12-8-24-15-11(12)4-2-6-23-15;;/h7-10,16H,3-6,11H2,1-2H3,(H,27,28);7-10,15H,3-6H2,1-2H3,(H,22,23);6-7,9-11,15H,3-5,8H2,1-2H3,(H,22,23);2,4,6,8-9,13,29H,3,5,7,10H2,1H3,(H,23,24);2*1H/t16-;2*15-;13-;;/m1111../s1. The zero-order valence-corrected chi connectivity index (χ0v) is 68.1. The second-order valence-electron chi connectivity index (χ2n) is 28.7. The van der Waals surface area contributed by atoms with Crippen LogP contribution >= 0.6 is 34.8 Å². The number of aromatic amines is 4. The molecule has 16 rings (SSSR count). The summed E-state index contributed by atoms with van der Waals surface area (Å²) in [6, 6.07) is 8.44. The predicted molar refractivity (Wildman–Crippen MR) is 441 cm³/mol. The van der Waals surface area contributed by atoms with E-state index in [-0.39, 0.29) is 61.9 Å². The highest BCUT2D eigenvalue weighted by molar-refractivity contribution is 6.32. The van der Waals surface area contributed by atoms with Gasteiger partial charge in [0.1, 0.15) is 77.0 Å². The fourth-order valence-corrected chi connectivity index (χ4v) is 15.4. The molecule has 0 aromatic carbocycles. The molecule has 4 aliphatic heterocycles. The van der Waals surface area contributed by atoms with Crippen molar-refractivity contribution in [2.45, 2.75) is 109 Å². The van der Waals surface area contributed by atoms with Crippen LogP contribution in [0.15, 0.2) is 111 Å². The minimum absolute atomic E-state index is 0. The number of esters is 1. The summed E-state index contributed by atoms with van der Waals surface area (Å²) in [6.07, 6.45) is 14.7. The fraction of sp³-hybridized carbons (Fsp3) is 0.380. The Bertz CT molecular complexity index is 5770. The normalized spacial score (nSPS) is 16.6. The zero-order chi connectivity index (χ0) is 85.6. The number of fused-ring (bicyclic) bond motifs is 4. The van der Waals surface area contributed by atoms with Crippen molar-refractivity contribution < 1.29 is 67.4 Å². The third kappa shape index (κ3) is 18.9. The van der Waals surface area contributed by atoms with Gasteiger partial charge in [0.2, 0.25) is 23.6 Å². The summed E-state index contributed by atoms with van der Waals surface area (Å²) in [5.74, 6) is -0.109. The molecule has 4 amide bonds. The lowest BCUT2D eigenvalue weighted by Gasteiger charge is -2.30. The zero-order valence-electron chi connectivity index (χ0n) is 65.8. The number of anilines is 4. The van der Waals surface area contributed by atoms with Gasteiger partial charge in [-0.25, -0.2) is 69.0 Å². The van der Waals surface area contributed by atoms with Gasteiger partial charge in [0.15, 0.2) is 46.5 Å². The Morgan fingerprint density at radius 1 is 0.475 bits per heavy atom. The Balaban J connectivity index is 0.000000159. The highest BCUT2D eigenvalue weighted by Gasteiger charge is 2.43. The number of carbonyl (C=O) groups is 5. The van der Waals surface area contributed by atoms with E-state index >= 15 is 0 Å². The number of aromatic hydroxyl groups is 1. The third-order valence-corrected chi connectivity index (χ3v) is 21.5. The number of likely N-dealkylation sites (N-methyl/N-ethyl adjacent to an activating group) is 4. The van der Waals surface area contributed by atoms with Crippen molar-refractivity contribution in [3.63, 3.8) is 0 Å². The molecular formula is C79H86Cl3F7N24O7. The first-order valence-electron chi connectivity index (χ1n) is 38.4. The molecule has 5 N–H and O–H groups in total. The number of amides is 4. The molecular weight excluding hydrogens is 1640 g/mol. The lowest BCUT2D eigenvalue weighted by atomic mass is 10.1. The van der Waals surface area contributed by atoms with E-state index in [9.17, 15) is 59.8 Å². The van der Waals surface area contributed by atoms with Crippen molar-refractivity contribution in [1.82, 2.24) is 99.3 Å². The number of nitrogens with zero attached hydrogens (tertiary/aromatic N) is 20. The van der Waals surface area contributed by atoms with Crippen LogP contribution in [0.3, 0.4) is 0 Å². The van der Waals surface area contributed by atoms with Crippen LogP contribution in [-0.2, 0) is 23.9 Å². The number of alkyl halides is 6. The molecule has 634 valence electrons. The summed E-state index contributed by atoms with van der Waals surface area (Å²) in [5, 5.41) is 14.9. The topological polar surface area (TPSA) is 359 Å². The van der Waals surface area contributed by atoms with Crippen LogP contribution in [-0.4, -0.2) is 258 Å². The van der Waals surface area contributed by atoms with Crippen LogP contribution in [0.4, 0.5) is 54.0 Å². The summed E-state index contributed by atoms with van der Waals surface area (Å²) in [7, 11) is 5.82. The fourth-order valence-electron chi connectivity index (χ4n) is 14.9. The van der Waals surface area contributed by atoms with Crippen molar-refractivity contribution in [2.75, 3.05) is 107 Å². The maximum atomic E-state index is 14.6.